The lowest BCUT2D eigenvalue weighted by Crippen LogP contribution is -2.26. The van der Waals surface area contributed by atoms with Crippen molar-refractivity contribution in [3.63, 3.8) is 0 Å². The average Bonchev–Trinajstić information content (AvgIpc) is 2.71. The first-order valence-corrected chi connectivity index (χ1v) is 8.97. The van der Waals surface area contributed by atoms with Gasteiger partial charge in [-0.15, -0.1) is 11.3 Å². The number of hydrogen-bond acceptors (Lipinski definition) is 4. The molecule has 0 aromatic carbocycles. The molecule has 0 fully saturated rings. The van der Waals surface area contributed by atoms with Crippen LogP contribution in [0.2, 0.25) is 0 Å². The SMILES string of the molecule is CS(=O)(=O)CCCNC1CCCc2sccc21. The predicted octanol–water partition coefficient (Wildman–Crippen LogP) is 2.15. The Bertz CT molecular complexity index is 465. The molecule has 0 aliphatic heterocycles. The minimum Gasteiger partial charge on any atom is -0.310 e. The first-order valence-electron chi connectivity index (χ1n) is 6.03. The third-order valence-electron chi connectivity index (χ3n) is 3.13. The van der Waals surface area contributed by atoms with Crippen LogP contribution in [0.5, 0.6) is 0 Å². The van der Waals surface area contributed by atoms with Gasteiger partial charge in [0.05, 0.1) is 5.75 Å². The summed E-state index contributed by atoms with van der Waals surface area (Å²) in [6.07, 6.45) is 5.60. The van der Waals surface area contributed by atoms with Gasteiger partial charge >= 0.3 is 0 Å². The molecule has 0 spiro atoms. The molecule has 17 heavy (non-hydrogen) atoms. The maximum absolute atomic E-state index is 11.0. The summed E-state index contributed by atoms with van der Waals surface area (Å²) in [7, 11) is -2.81. The van der Waals surface area contributed by atoms with E-state index in [1.165, 1.54) is 36.0 Å². The summed E-state index contributed by atoms with van der Waals surface area (Å²) in [5.41, 5.74) is 1.43. The van der Waals surface area contributed by atoms with Gasteiger partial charge in [-0.2, -0.15) is 0 Å². The topological polar surface area (TPSA) is 46.2 Å². The molecule has 96 valence electrons. The Morgan fingerprint density at radius 2 is 2.35 bits per heavy atom. The van der Waals surface area contributed by atoms with Crippen LogP contribution in [0.25, 0.3) is 0 Å². The Morgan fingerprint density at radius 1 is 1.53 bits per heavy atom. The van der Waals surface area contributed by atoms with E-state index in [0.717, 1.165) is 6.54 Å². The number of hydrogen-bond donors (Lipinski definition) is 1. The molecule has 1 aromatic heterocycles. The molecule has 2 rings (SSSR count). The van der Waals surface area contributed by atoms with E-state index in [4.69, 9.17) is 0 Å². The monoisotopic (exact) mass is 273 g/mol. The fourth-order valence-corrected chi connectivity index (χ4v) is 3.97. The minimum absolute atomic E-state index is 0.281. The van der Waals surface area contributed by atoms with Crippen molar-refractivity contribution < 1.29 is 8.42 Å². The summed E-state index contributed by atoms with van der Waals surface area (Å²) >= 11 is 1.84. The van der Waals surface area contributed by atoms with Crippen LogP contribution in [0, 0.1) is 0 Å². The summed E-state index contributed by atoms with van der Waals surface area (Å²) in [6.45, 7) is 0.785. The number of sulfone groups is 1. The van der Waals surface area contributed by atoms with Crippen LogP contribution in [0.1, 0.15) is 35.7 Å². The highest BCUT2D eigenvalue weighted by atomic mass is 32.2. The number of fused-ring (bicyclic) bond motifs is 1. The second kappa shape index (κ2) is 5.50. The van der Waals surface area contributed by atoms with Crippen molar-refractivity contribution in [3.05, 3.63) is 21.9 Å². The molecule has 1 aliphatic carbocycles. The molecular formula is C12H19NO2S2. The zero-order valence-electron chi connectivity index (χ0n) is 10.1. The van der Waals surface area contributed by atoms with E-state index in [1.54, 1.807) is 0 Å². The standard InChI is InChI=1S/C12H19NO2S2/c1-17(14,15)9-3-7-13-11-4-2-5-12-10(11)6-8-16-12/h6,8,11,13H,2-5,7,9H2,1H3. The Balaban J connectivity index is 1.82. The molecule has 0 saturated heterocycles. The Labute approximate surface area is 107 Å². The molecule has 0 amide bonds. The van der Waals surface area contributed by atoms with Crippen LogP contribution in [0.3, 0.4) is 0 Å². The largest absolute Gasteiger partial charge is 0.310 e. The molecule has 1 aliphatic rings. The first-order chi connectivity index (χ1) is 8.06. The third kappa shape index (κ3) is 3.79. The van der Waals surface area contributed by atoms with E-state index in [0.29, 0.717) is 12.5 Å². The second-order valence-electron chi connectivity index (χ2n) is 4.68. The highest BCUT2D eigenvalue weighted by molar-refractivity contribution is 7.90. The molecule has 5 heteroatoms. The normalized spacial score (nSPS) is 20.2. The van der Waals surface area contributed by atoms with E-state index < -0.39 is 9.84 Å². The lowest BCUT2D eigenvalue weighted by molar-refractivity contribution is 0.464. The van der Waals surface area contributed by atoms with Gasteiger partial charge in [-0.05, 0) is 49.2 Å². The number of aryl methyl sites for hydroxylation is 1. The zero-order valence-corrected chi connectivity index (χ0v) is 11.7. The van der Waals surface area contributed by atoms with Gasteiger partial charge < -0.3 is 5.32 Å². The van der Waals surface area contributed by atoms with E-state index in [-0.39, 0.29) is 5.75 Å². The summed E-state index contributed by atoms with van der Waals surface area (Å²) in [6, 6.07) is 2.64. The van der Waals surface area contributed by atoms with Crippen molar-refractivity contribution in [2.45, 2.75) is 31.7 Å². The average molecular weight is 273 g/mol. The van der Waals surface area contributed by atoms with Gasteiger partial charge in [0, 0.05) is 17.2 Å². The number of rotatable bonds is 5. The van der Waals surface area contributed by atoms with Crippen LogP contribution in [0.15, 0.2) is 11.4 Å². The molecule has 1 N–H and O–H groups in total. The minimum atomic E-state index is -2.81. The van der Waals surface area contributed by atoms with Crippen LogP contribution in [0.4, 0.5) is 0 Å². The summed E-state index contributed by atoms with van der Waals surface area (Å²) in [5.74, 6) is 0.281. The van der Waals surface area contributed by atoms with Crippen LogP contribution in [-0.4, -0.2) is 27.0 Å². The molecule has 1 atom stereocenters. The summed E-state index contributed by atoms with van der Waals surface area (Å²) in [4.78, 5) is 1.50. The quantitative estimate of drug-likeness (QED) is 0.836. The molecule has 1 aromatic rings. The Kier molecular flexibility index (Phi) is 4.22. The molecule has 0 bridgehead atoms. The lowest BCUT2D eigenvalue weighted by Gasteiger charge is -2.23. The molecule has 3 nitrogen and oxygen atoms in total. The van der Waals surface area contributed by atoms with Crippen LogP contribution < -0.4 is 5.32 Å². The fraction of sp³-hybridized carbons (Fsp3) is 0.667. The van der Waals surface area contributed by atoms with Gasteiger partial charge in [-0.25, -0.2) is 8.42 Å². The van der Waals surface area contributed by atoms with Crippen molar-refractivity contribution in [3.8, 4) is 0 Å². The maximum Gasteiger partial charge on any atom is 0.147 e. The molecule has 1 unspecified atom stereocenters. The van der Waals surface area contributed by atoms with Crippen molar-refractivity contribution in [2.75, 3.05) is 18.6 Å². The zero-order chi connectivity index (χ0) is 12.3. The van der Waals surface area contributed by atoms with Crippen LogP contribution >= 0.6 is 11.3 Å². The smallest absolute Gasteiger partial charge is 0.147 e. The molecule has 0 radical (unpaired) electrons. The van der Waals surface area contributed by atoms with Gasteiger partial charge in [-0.1, -0.05) is 0 Å². The van der Waals surface area contributed by atoms with E-state index >= 15 is 0 Å². The second-order valence-corrected chi connectivity index (χ2v) is 7.94. The van der Waals surface area contributed by atoms with Gasteiger partial charge in [0.1, 0.15) is 9.84 Å². The summed E-state index contributed by atoms with van der Waals surface area (Å²) in [5, 5.41) is 5.63. The highest BCUT2D eigenvalue weighted by Crippen LogP contribution is 2.33. The van der Waals surface area contributed by atoms with Crippen molar-refractivity contribution in [2.24, 2.45) is 0 Å². The van der Waals surface area contributed by atoms with E-state index in [2.05, 4.69) is 16.8 Å². The Hall–Kier alpha value is -0.390. The van der Waals surface area contributed by atoms with Crippen molar-refractivity contribution in [1.82, 2.24) is 5.32 Å². The molecule has 0 saturated carbocycles. The van der Waals surface area contributed by atoms with Gasteiger partial charge in [0.2, 0.25) is 0 Å². The fourth-order valence-electron chi connectivity index (χ4n) is 2.31. The maximum atomic E-state index is 11.0. The Morgan fingerprint density at radius 3 is 3.12 bits per heavy atom. The molecule has 1 heterocycles. The van der Waals surface area contributed by atoms with Gasteiger partial charge in [-0.3, -0.25) is 0 Å². The number of nitrogens with one attached hydrogen (secondary N) is 1. The summed E-state index contributed by atoms with van der Waals surface area (Å²) < 4.78 is 22.0. The van der Waals surface area contributed by atoms with Crippen molar-refractivity contribution in [1.29, 1.82) is 0 Å². The van der Waals surface area contributed by atoms with Crippen LogP contribution in [-0.2, 0) is 16.3 Å². The lowest BCUT2D eigenvalue weighted by atomic mass is 9.94. The molecular weight excluding hydrogens is 254 g/mol. The third-order valence-corrected chi connectivity index (χ3v) is 5.16. The number of thiophene rings is 1. The highest BCUT2D eigenvalue weighted by Gasteiger charge is 2.20. The van der Waals surface area contributed by atoms with Crippen molar-refractivity contribution >= 4 is 21.2 Å². The first kappa shape index (κ1) is 13.1. The van der Waals surface area contributed by atoms with E-state index in [9.17, 15) is 8.42 Å². The van der Waals surface area contributed by atoms with E-state index in [1.807, 2.05) is 11.3 Å². The van der Waals surface area contributed by atoms with Gasteiger partial charge in [0.25, 0.3) is 0 Å². The van der Waals surface area contributed by atoms with Gasteiger partial charge in [0.15, 0.2) is 0 Å². The predicted molar refractivity (Wildman–Crippen MR) is 72.3 cm³/mol.